The summed E-state index contributed by atoms with van der Waals surface area (Å²) in [6.07, 6.45) is 1.09. The summed E-state index contributed by atoms with van der Waals surface area (Å²) in [7, 11) is 0. The molecular formula is C12H9F3N4. The second kappa shape index (κ2) is 5.47. The quantitative estimate of drug-likeness (QED) is 0.686. The van der Waals surface area contributed by atoms with Gasteiger partial charge in [0.2, 0.25) is 0 Å². The van der Waals surface area contributed by atoms with Crippen LogP contribution in [0.1, 0.15) is 11.1 Å². The summed E-state index contributed by atoms with van der Waals surface area (Å²) < 4.78 is 36.9. The minimum Gasteiger partial charge on any atom is -0.264 e. The SMILES string of the molecule is FC(F)(F)c1ccc(N/N=C/c2cccnc2)nc1. The number of nitrogens with one attached hydrogen (secondary N) is 1. The van der Waals surface area contributed by atoms with Gasteiger partial charge >= 0.3 is 6.18 Å². The van der Waals surface area contributed by atoms with Crippen LogP contribution in [0.25, 0.3) is 0 Å². The first-order valence-corrected chi connectivity index (χ1v) is 5.28. The molecular weight excluding hydrogens is 257 g/mol. The lowest BCUT2D eigenvalue weighted by atomic mass is 10.3. The van der Waals surface area contributed by atoms with Crippen LogP contribution in [-0.4, -0.2) is 16.2 Å². The van der Waals surface area contributed by atoms with Crippen LogP contribution in [0.15, 0.2) is 48.0 Å². The number of pyridine rings is 2. The Morgan fingerprint density at radius 3 is 2.58 bits per heavy atom. The Balaban J connectivity index is 1.99. The number of aromatic nitrogens is 2. The van der Waals surface area contributed by atoms with Crippen molar-refractivity contribution in [2.24, 2.45) is 5.10 Å². The molecule has 0 saturated carbocycles. The molecule has 0 spiro atoms. The van der Waals surface area contributed by atoms with Gasteiger partial charge in [-0.25, -0.2) is 4.98 Å². The Hall–Kier alpha value is -2.44. The number of hydrazone groups is 1. The molecule has 19 heavy (non-hydrogen) atoms. The molecule has 2 aromatic heterocycles. The van der Waals surface area contributed by atoms with E-state index in [0.29, 0.717) is 0 Å². The summed E-state index contributed by atoms with van der Waals surface area (Å²) in [5, 5.41) is 3.84. The molecule has 0 unspecified atom stereocenters. The van der Waals surface area contributed by atoms with Crippen LogP contribution in [0.4, 0.5) is 19.0 Å². The van der Waals surface area contributed by atoms with Crippen molar-refractivity contribution in [3.05, 3.63) is 54.0 Å². The maximum absolute atomic E-state index is 12.3. The van der Waals surface area contributed by atoms with Gasteiger partial charge < -0.3 is 0 Å². The topological polar surface area (TPSA) is 50.2 Å². The van der Waals surface area contributed by atoms with E-state index in [1.165, 1.54) is 12.3 Å². The molecule has 1 N–H and O–H groups in total. The lowest BCUT2D eigenvalue weighted by Gasteiger charge is -2.06. The first-order chi connectivity index (χ1) is 9.05. The number of alkyl halides is 3. The van der Waals surface area contributed by atoms with Gasteiger partial charge in [0.1, 0.15) is 5.82 Å². The van der Waals surface area contributed by atoms with Crippen molar-refractivity contribution in [2.75, 3.05) is 5.43 Å². The van der Waals surface area contributed by atoms with Crippen LogP contribution in [0.2, 0.25) is 0 Å². The average Bonchev–Trinajstić information content (AvgIpc) is 2.39. The first kappa shape index (κ1) is 13.0. The fourth-order valence-electron chi connectivity index (χ4n) is 1.25. The number of anilines is 1. The highest BCUT2D eigenvalue weighted by Crippen LogP contribution is 2.28. The second-order valence-electron chi connectivity index (χ2n) is 3.59. The summed E-state index contributed by atoms with van der Waals surface area (Å²) in [4.78, 5) is 7.51. The predicted molar refractivity (Wildman–Crippen MR) is 64.7 cm³/mol. The first-order valence-electron chi connectivity index (χ1n) is 5.28. The molecule has 0 saturated heterocycles. The van der Waals surface area contributed by atoms with E-state index in [4.69, 9.17) is 0 Å². The third-order valence-corrected chi connectivity index (χ3v) is 2.17. The van der Waals surface area contributed by atoms with Crippen molar-refractivity contribution in [1.82, 2.24) is 9.97 Å². The highest BCUT2D eigenvalue weighted by Gasteiger charge is 2.30. The van der Waals surface area contributed by atoms with E-state index in [1.54, 1.807) is 24.5 Å². The zero-order valence-corrected chi connectivity index (χ0v) is 9.59. The number of hydrogen-bond donors (Lipinski definition) is 1. The molecule has 2 rings (SSSR count). The minimum absolute atomic E-state index is 0.230. The summed E-state index contributed by atoms with van der Waals surface area (Å²) in [6.45, 7) is 0. The molecule has 0 fully saturated rings. The maximum Gasteiger partial charge on any atom is 0.417 e. The van der Waals surface area contributed by atoms with E-state index in [0.717, 1.165) is 17.8 Å². The summed E-state index contributed by atoms with van der Waals surface area (Å²) in [5.41, 5.74) is 2.50. The second-order valence-corrected chi connectivity index (χ2v) is 3.59. The van der Waals surface area contributed by atoms with E-state index in [2.05, 4.69) is 20.5 Å². The van der Waals surface area contributed by atoms with Gasteiger partial charge in [-0.2, -0.15) is 18.3 Å². The third kappa shape index (κ3) is 3.77. The molecule has 0 aliphatic rings. The zero-order valence-electron chi connectivity index (χ0n) is 9.59. The lowest BCUT2D eigenvalue weighted by molar-refractivity contribution is -0.137. The van der Waals surface area contributed by atoms with Gasteiger partial charge in [-0.1, -0.05) is 6.07 Å². The van der Waals surface area contributed by atoms with Crippen molar-refractivity contribution in [3.63, 3.8) is 0 Å². The van der Waals surface area contributed by atoms with E-state index < -0.39 is 11.7 Å². The average molecular weight is 266 g/mol. The maximum atomic E-state index is 12.3. The van der Waals surface area contributed by atoms with E-state index >= 15 is 0 Å². The van der Waals surface area contributed by atoms with Crippen LogP contribution >= 0.6 is 0 Å². The molecule has 98 valence electrons. The normalized spacial score (nSPS) is 11.7. The summed E-state index contributed by atoms with van der Waals surface area (Å²) in [6, 6.07) is 5.69. The Morgan fingerprint density at radius 1 is 1.16 bits per heavy atom. The molecule has 2 heterocycles. The highest BCUT2D eigenvalue weighted by molar-refractivity contribution is 5.79. The Kier molecular flexibility index (Phi) is 3.74. The van der Waals surface area contributed by atoms with E-state index in [-0.39, 0.29) is 5.82 Å². The summed E-state index contributed by atoms with van der Waals surface area (Å²) >= 11 is 0. The van der Waals surface area contributed by atoms with Crippen LogP contribution in [-0.2, 0) is 6.18 Å². The van der Waals surface area contributed by atoms with Gasteiger partial charge in [0.25, 0.3) is 0 Å². The zero-order chi connectivity index (χ0) is 13.7. The molecule has 4 nitrogen and oxygen atoms in total. The standard InChI is InChI=1S/C12H9F3N4/c13-12(14,15)10-3-4-11(17-8-10)19-18-7-9-2-1-5-16-6-9/h1-8H,(H,17,19)/b18-7+. The van der Waals surface area contributed by atoms with Crippen molar-refractivity contribution in [1.29, 1.82) is 0 Å². The van der Waals surface area contributed by atoms with Crippen LogP contribution in [0.3, 0.4) is 0 Å². The number of hydrogen-bond acceptors (Lipinski definition) is 4. The van der Waals surface area contributed by atoms with Gasteiger partial charge in [0.05, 0.1) is 11.8 Å². The third-order valence-electron chi connectivity index (χ3n) is 2.17. The molecule has 0 bridgehead atoms. The predicted octanol–water partition coefficient (Wildman–Crippen LogP) is 2.94. The fraction of sp³-hybridized carbons (Fsp3) is 0.0833. The Bertz CT molecular complexity index is 549. The molecule has 7 heteroatoms. The van der Waals surface area contributed by atoms with Crippen molar-refractivity contribution in [2.45, 2.75) is 6.18 Å². The Labute approximate surface area is 107 Å². The lowest BCUT2D eigenvalue weighted by Crippen LogP contribution is -2.05. The van der Waals surface area contributed by atoms with E-state index in [9.17, 15) is 13.2 Å². The highest BCUT2D eigenvalue weighted by atomic mass is 19.4. The molecule has 0 aliphatic carbocycles. The van der Waals surface area contributed by atoms with Gasteiger partial charge in [0, 0.05) is 24.2 Å². The number of halogens is 3. The Morgan fingerprint density at radius 2 is 2.00 bits per heavy atom. The minimum atomic E-state index is -4.38. The van der Waals surface area contributed by atoms with Gasteiger partial charge in [-0.3, -0.25) is 10.4 Å². The van der Waals surface area contributed by atoms with Gasteiger partial charge in [-0.05, 0) is 18.2 Å². The van der Waals surface area contributed by atoms with E-state index in [1.807, 2.05) is 0 Å². The van der Waals surface area contributed by atoms with Crippen molar-refractivity contribution < 1.29 is 13.2 Å². The fourth-order valence-corrected chi connectivity index (χ4v) is 1.25. The molecule has 2 aromatic rings. The molecule has 0 aromatic carbocycles. The van der Waals surface area contributed by atoms with Crippen LogP contribution in [0.5, 0.6) is 0 Å². The molecule has 0 radical (unpaired) electrons. The number of rotatable bonds is 3. The monoisotopic (exact) mass is 266 g/mol. The van der Waals surface area contributed by atoms with Crippen molar-refractivity contribution in [3.8, 4) is 0 Å². The molecule has 0 amide bonds. The van der Waals surface area contributed by atoms with Crippen molar-refractivity contribution >= 4 is 12.0 Å². The van der Waals surface area contributed by atoms with Gasteiger partial charge in [0.15, 0.2) is 0 Å². The van der Waals surface area contributed by atoms with Crippen LogP contribution < -0.4 is 5.43 Å². The summed E-state index contributed by atoms with van der Waals surface area (Å²) in [5.74, 6) is 0.230. The van der Waals surface area contributed by atoms with Gasteiger partial charge in [-0.15, -0.1) is 0 Å². The van der Waals surface area contributed by atoms with Crippen LogP contribution in [0, 0.1) is 0 Å². The largest absolute Gasteiger partial charge is 0.417 e. The number of nitrogens with zero attached hydrogens (tertiary/aromatic N) is 3. The smallest absolute Gasteiger partial charge is 0.264 e. The molecule has 0 atom stereocenters. The molecule has 0 aliphatic heterocycles.